The molecule has 0 aromatic heterocycles. The summed E-state index contributed by atoms with van der Waals surface area (Å²) in [4.78, 5) is 0. The average Bonchev–Trinajstić information content (AvgIpc) is 2.39. The molecule has 0 saturated heterocycles. The Bertz CT molecular complexity index is 388. The van der Waals surface area contributed by atoms with E-state index in [2.05, 4.69) is 12.2 Å². The number of hydrogen-bond donors (Lipinski definition) is 1. The second kappa shape index (κ2) is 7.49. The predicted octanol–water partition coefficient (Wildman–Crippen LogP) is 4.04. The Kier molecular flexibility index (Phi) is 5.64. The third kappa shape index (κ3) is 4.83. The van der Waals surface area contributed by atoms with Crippen molar-refractivity contribution in [3.05, 3.63) is 29.6 Å². The number of benzene rings is 1. The van der Waals surface area contributed by atoms with Crippen molar-refractivity contribution in [1.82, 2.24) is 5.32 Å². The van der Waals surface area contributed by atoms with Gasteiger partial charge in [0.15, 0.2) is 0 Å². The van der Waals surface area contributed by atoms with Gasteiger partial charge >= 0.3 is 0 Å². The van der Waals surface area contributed by atoms with Gasteiger partial charge in [-0.2, -0.15) is 0 Å². The second-order valence-corrected chi connectivity index (χ2v) is 5.35. The summed E-state index contributed by atoms with van der Waals surface area (Å²) in [5.74, 6) is 0.474. The molecule has 19 heavy (non-hydrogen) atoms. The molecule has 1 fully saturated rings. The molecule has 2 nitrogen and oxygen atoms in total. The third-order valence-corrected chi connectivity index (χ3v) is 3.54. The van der Waals surface area contributed by atoms with E-state index < -0.39 is 0 Å². The first-order valence-electron chi connectivity index (χ1n) is 7.45. The van der Waals surface area contributed by atoms with Crippen LogP contribution >= 0.6 is 0 Å². The molecule has 0 bridgehead atoms. The zero-order chi connectivity index (χ0) is 13.5. The van der Waals surface area contributed by atoms with E-state index in [1.54, 1.807) is 6.07 Å². The summed E-state index contributed by atoms with van der Waals surface area (Å²) in [6.45, 7) is 3.78. The highest BCUT2D eigenvalue weighted by molar-refractivity contribution is 5.29. The van der Waals surface area contributed by atoms with Gasteiger partial charge in [-0.3, -0.25) is 0 Å². The van der Waals surface area contributed by atoms with E-state index >= 15 is 0 Å². The largest absolute Gasteiger partial charge is 0.490 e. The molecule has 2 rings (SSSR count). The van der Waals surface area contributed by atoms with E-state index in [4.69, 9.17) is 4.74 Å². The van der Waals surface area contributed by atoms with Crippen LogP contribution in [0.4, 0.5) is 4.39 Å². The molecule has 1 aromatic carbocycles. The summed E-state index contributed by atoms with van der Waals surface area (Å²) in [6, 6.07) is 5.04. The Hall–Kier alpha value is -1.09. The summed E-state index contributed by atoms with van der Waals surface area (Å²) in [5, 5.41) is 3.29. The van der Waals surface area contributed by atoms with Gasteiger partial charge in [-0.15, -0.1) is 0 Å². The first kappa shape index (κ1) is 14.3. The van der Waals surface area contributed by atoms with Crippen LogP contribution in [-0.2, 0) is 6.54 Å². The second-order valence-electron chi connectivity index (χ2n) is 5.35. The summed E-state index contributed by atoms with van der Waals surface area (Å²) in [5.41, 5.74) is 0.958. The van der Waals surface area contributed by atoms with E-state index in [1.165, 1.54) is 25.3 Å². The van der Waals surface area contributed by atoms with Crippen molar-refractivity contribution in [3.8, 4) is 5.75 Å². The van der Waals surface area contributed by atoms with Gasteiger partial charge in [-0.25, -0.2) is 4.39 Å². The van der Waals surface area contributed by atoms with Crippen LogP contribution in [0.1, 0.15) is 51.0 Å². The number of ether oxygens (including phenoxy) is 1. The molecule has 0 aliphatic heterocycles. The maximum atomic E-state index is 13.6. The van der Waals surface area contributed by atoms with Crippen molar-refractivity contribution >= 4 is 0 Å². The molecule has 0 amide bonds. The van der Waals surface area contributed by atoms with Crippen LogP contribution in [0.2, 0.25) is 0 Å². The van der Waals surface area contributed by atoms with Crippen LogP contribution < -0.4 is 10.1 Å². The Morgan fingerprint density at radius 1 is 1.21 bits per heavy atom. The molecular formula is C16H24FNO. The quantitative estimate of drug-likeness (QED) is 0.784. The lowest BCUT2D eigenvalue weighted by Gasteiger charge is -2.23. The molecule has 1 saturated carbocycles. The van der Waals surface area contributed by atoms with Gasteiger partial charge in [0, 0.05) is 12.6 Å². The Morgan fingerprint density at radius 2 is 2.00 bits per heavy atom. The maximum Gasteiger partial charge on any atom is 0.127 e. The predicted molar refractivity (Wildman–Crippen MR) is 75.9 cm³/mol. The van der Waals surface area contributed by atoms with Crippen LogP contribution in [0.3, 0.4) is 0 Å². The van der Waals surface area contributed by atoms with Gasteiger partial charge < -0.3 is 10.1 Å². The van der Waals surface area contributed by atoms with Crippen LogP contribution in [-0.4, -0.2) is 12.6 Å². The minimum atomic E-state index is -0.207. The molecule has 0 atom stereocenters. The summed E-state index contributed by atoms with van der Waals surface area (Å²) in [6.07, 6.45) is 7.30. The fourth-order valence-electron chi connectivity index (χ4n) is 2.58. The minimum Gasteiger partial charge on any atom is -0.490 e. The van der Waals surface area contributed by atoms with Crippen molar-refractivity contribution in [1.29, 1.82) is 0 Å². The maximum absolute atomic E-state index is 13.6. The minimum absolute atomic E-state index is 0.207. The zero-order valence-electron chi connectivity index (χ0n) is 11.8. The summed E-state index contributed by atoms with van der Waals surface area (Å²) >= 11 is 0. The Labute approximate surface area is 115 Å². The summed E-state index contributed by atoms with van der Waals surface area (Å²) in [7, 11) is 0. The SMILES string of the molecule is CCCNCc1cc(F)cc(OC2CCCCC2)c1. The lowest BCUT2D eigenvalue weighted by molar-refractivity contribution is 0.154. The Morgan fingerprint density at radius 3 is 2.74 bits per heavy atom. The van der Waals surface area contributed by atoms with Gasteiger partial charge in [0.25, 0.3) is 0 Å². The zero-order valence-corrected chi connectivity index (χ0v) is 11.8. The molecule has 0 spiro atoms. The highest BCUT2D eigenvalue weighted by Gasteiger charge is 2.15. The van der Waals surface area contributed by atoms with Crippen LogP contribution in [0, 0.1) is 5.82 Å². The van der Waals surface area contributed by atoms with Crippen LogP contribution in [0.15, 0.2) is 18.2 Å². The highest BCUT2D eigenvalue weighted by Crippen LogP contribution is 2.24. The molecule has 1 N–H and O–H groups in total. The van der Waals surface area contributed by atoms with Gasteiger partial charge in [0.2, 0.25) is 0 Å². The normalized spacial score (nSPS) is 16.5. The van der Waals surface area contributed by atoms with Gasteiger partial charge in [-0.05, 0) is 56.3 Å². The fourth-order valence-corrected chi connectivity index (χ4v) is 2.58. The van der Waals surface area contributed by atoms with E-state index in [0.29, 0.717) is 12.3 Å². The lowest BCUT2D eigenvalue weighted by atomic mass is 9.98. The van der Waals surface area contributed by atoms with Crippen molar-refractivity contribution in [2.75, 3.05) is 6.54 Å². The van der Waals surface area contributed by atoms with E-state index in [-0.39, 0.29) is 11.9 Å². The fraction of sp³-hybridized carbons (Fsp3) is 0.625. The number of nitrogens with one attached hydrogen (secondary N) is 1. The van der Waals surface area contributed by atoms with Crippen molar-refractivity contribution < 1.29 is 9.13 Å². The van der Waals surface area contributed by atoms with Crippen molar-refractivity contribution in [2.45, 2.75) is 58.1 Å². The average molecular weight is 265 g/mol. The molecule has 0 heterocycles. The van der Waals surface area contributed by atoms with Gasteiger partial charge in [-0.1, -0.05) is 13.3 Å². The number of rotatable bonds is 6. The molecule has 1 aliphatic carbocycles. The molecule has 0 unspecified atom stereocenters. The molecule has 106 valence electrons. The number of hydrogen-bond acceptors (Lipinski definition) is 2. The first-order valence-corrected chi connectivity index (χ1v) is 7.45. The summed E-state index contributed by atoms with van der Waals surface area (Å²) < 4.78 is 19.5. The molecular weight excluding hydrogens is 241 g/mol. The monoisotopic (exact) mass is 265 g/mol. The lowest BCUT2D eigenvalue weighted by Crippen LogP contribution is -2.20. The standard InChI is InChI=1S/C16H24FNO/c1-2-8-18-12-13-9-14(17)11-16(10-13)19-15-6-4-3-5-7-15/h9-11,15,18H,2-8,12H2,1H3. The van der Waals surface area contributed by atoms with Gasteiger partial charge in [0.1, 0.15) is 11.6 Å². The smallest absolute Gasteiger partial charge is 0.127 e. The van der Waals surface area contributed by atoms with Crippen molar-refractivity contribution in [3.63, 3.8) is 0 Å². The molecule has 1 aliphatic rings. The van der Waals surface area contributed by atoms with E-state index in [9.17, 15) is 4.39 Å². The highest BCUT2D eigenvalue weighted by atomic mass is 19.1. The molecule has 0 radical (unpaired) electrons. The van der Waals surface area contributed by atoms with Crippen LogP contribution in [0.5, 0.6) is 5.75 Å². The number of halogens is 1. The Balaban J connectivity index is 1.95. The molecule has 3 heteroatoms. The molecule has 1 aromatic rings. The van der Waals surface area contributed by atoms with Crippen molar-refractivity contribution in [2.24, 2.45) is 0 Å². The van der Waals surface area contributed by atoms with E-state index in [0.717, 1.165) is 31.4 Å². The topological polar surface area (TPSA) is 21.3 Å². The van der Waals surface area contributed by atoms with Crippen LogP contribution in [0.25, 0.3) is 0 Å². The van der Waals surface area contributed by atoms with E-state index in [1.807, 2.05) is 6.07 Å². The van der Waals surface area contributed by atoms with Gasteiger partial charge in [0.05, 0.1) is 6.10 Å². The third-order valence-electron chi connectivity index (χ3n) is 3.54. The first-order chi connectivity index (χ1) is 9.28.